The molecule has 0 aliphatic rings. The summed E-state index contributed by atoms with van der Waals surface area (Å²) in [6, 6.07) is 14.8. The molecule has 0 bridgehead atoms. The van der Waals surface area contributed by atoms with E-state index >= 15 is 0 Å². The van der Waals surface area contributed by atoms with E-state index in [4.69, 9.17) is 24.4 Å². The van der Waals surface area contributed by atoms with Gasteiger partial charge >= 0.3 is 0 Å². The average molecular weight is 244 g/mol. The van der Waals surface area contributed by atoms with Crippen LogP contribution in [0.25, 0.3) is 10.8 Å². The zero-order chi connectivity index (χ0) is 11.4. The Kier molecular flexibility index (Phi) is 3.75. The second-order valence-electron chi connectivity index (χ2n) is 3.77. The van der Waals surface area contributed by atoms with Crippen molar-refractivity contribution in [2.75, 3.05) is 0 Å². The Morgan fingerprint density at radius 1 is 1.06 bits per heavy atom. The largest absolute Gasteiger partial charge is 0.0931 e. The maximum absolute atomic E-state index is 5.26. The van der Waals surface area contributed by atoms with Crippen LogP contribution >= 0.6 is 24.4 Å². The molecule has 0 saturated heterocycles. The first-order valence-electron chi connectivity index (χ1n) is 5.22. The van der Waals surface area contributed by atoms with Crippen LogP contribution < -0.4 is 0 Å². The van der Waals surface area contributed by atoms with Crippen LogP contribution in [0, 0.1) is 0 Å². The zero-order valence-corrected chi connectivity index (χ0v) is 10.5. The molecule has 0 heterocycles. The highest BCUT2D eigenvalue weighted by atomic mass is 32.1. The first-order chi connectivity index (χ1) is 7.79. The van der Waals surface area contributed by atoms with Gasteiger partial charge in [-0.25, -0.2) is 0 Å². The molecule has 2 aromatic rings. The highest BCUT2D eigenvalue weighted by Crippen LogP contribution is 2.16. The fourth-order valence-corrected chi connectivity index (χ4v) is 2.30. The molecule has 0 aromatic heterocycles. The molecule has 80 valence electrons. The molecule has 2 heteroatoms. The number of benzene rings is 2. The van der Waals surface area contributed by atoms with Crippen molar-refractivity contribution in [3.8, 4) is 0 Å². The van der Waals surface area contributed by atoms with Gasteiger partial charge in [0.1, 0.15) is 0 Å². The molecule has 0 N–H and O–H groups in total. The van der Waals surface area contributed by atoms with Crippen LogP contribution in [-0.4, -0.2) is 10.2 Å². The SMILES string of the molecule is S=CCC(=S)Cc1ccc2ccccc2c1. The van der Waals surface area contributed by atoms with Crippen molar-refractivity contribution < 1.29 is 0 Å². The van der Waals surface area contributed by atoms with E-state index in [0.29, 0.717) is 0 Å². The van der Waals surface area contributed by atoms with Gasteiger partial charge in [-0.05, 0) is 21.7 Å². The van der Waals surface area contributed by atoms with Crippen LogP contribution in [0.1, 0.15) is 12.0 Å². The van der Waals surface area contributed by atoms with Gasteiger partial charge in [0.2, 0.25) is 0 Å². The molecule has 0 unspecified atom stereocenters. The predicted octanol–water partition coefficient (Wildman–Crippen LogP) is 4.14. The predicted molar refractivity (Wildman–Crippen MR) is 78.5 cm³/mol. The second kappa shape index (κ2) is 5.28. The third-order valence-electron chi connectivity index (χ3n) is 2.53. The van der Waals surface area contributed by atoms with E-state index in [1.54, 1.807) is 5.37 Å². The topological polar surface area (TPSA) is 0 Å². The third kappa shape index (κ3) is 2.71. The molecule has 16 heavy (non-hydrogen) atoms. The molecule has 0 amide bonds. The van der Waals surface area contributed by atoms with Crippen LogP contribution in [0.15, 0.2) is 42.5 Å². The van der Waals surface area contributed by atoms with Crippen LogP contribution in [0.4, 0.5) is 0 Å². The van der Waals surface area contributed by atoms with Crippen LogP contribution in [-0.2, 0) is 6.42 Å². The highest BCUT2D eigenvalue weighted by molar-refractivity contribution is 7.81. The van der Waals surface area contributed by atoms with Gasteiger partial charge in [0, 0.05) is 17.7 Å². The Labute approximate surface area is 106 Å². The summed E-state index contributed by atoms with van der Waals surface area (Å²) in [6.07, 6.45) is 1.59. The summed E-state index contributed by atoms with van der Waals surface area (Å²) in [4.78, 5) is 1.00. The summed E-state index contributed by atoms with van der Waals surface area (Å²) >= 11 is 10.1. The lowest BCUT2D eigenvalue weighted by Gasteiger charge is -2.03. The number of fused-ring (bicyclic) bond motifs is 1. The fraction of sp³-hybridized carbons (Fsp3) is 0.143. The van der Waals surface area contributed by atoms with Crippen LogP contribution in [0.5, 0.6) is 0 Å². The quantitative estimate of drug-likeness (QED) is 0.741. The van der Waals surface area contributed by atoms with Crippen molar-refractivity contribution in [1.82, 2.24) is 0 Å². The van der Waals surface area contributed by atoms with E-state index in [1.165, 1.54) is 16.3 Å². The summed E-state index contributed by atoms with van der Waals surface area (Å²) in [5.74, 6) is 0. The van der Waals surface area contributed by atoms with Gasteiger partial charge in [-0.1, -0.05) is 66.9 Å². The zero-order valence-electron chi connectivity index (χ0n) is 8.85. The number of rotatable bonds is 4. The van der Waals surface area contributed by atoms with Crippen molar-refractivity contribution in [1.29, 1.82) is 0 Å². The number of hydrogen-bond acceptors (Lipinski definition) is 2. The van der Waals surface area contributed by atoms with E-state index in [-0.39, 0.29) is 0 Å². The lowest BCUT2D eigenvalue weighted by molar-refractivity contribution is 1.34. The van der Waals surface area contributed by atoms with Crippen molar-refractivity contribution in [2.24, 2.45) is 0 Å². The molecule has 0 radical (unpaired) electrons. The lowest BCUT2D eigenvalue weighted by Crippen LogP contribution is -1.99. The van der Waals surface area contributed by atoms with Gasteiger partial charge in [0.15, 0.2) is 0 Å². The molecule has 0 atom stereocenters. The third-order valence-corrected chi connectivity index (χ3v) is 3.00. The summed E-state index contributed by atoms with van der Waals surface area (Å²) in [5, 5.41) is 4.24. The van der Waals surface area contributed by atoms with Gasteiger partial charge in [0.25, 0.3) is 0 Å². The van der Waals surface area contributed by atoms with Gasteiger partial charge in [-0.3, -0.25) is 0 Å². The maximum atomic E-state index is 5.26. The Balaban J connectivity index is 2.25. The highest BCUT2D eigenvalue weighted by Gasteiger charge is 1.99. The number of hydrogen-bond donors (Lipinski definition) is 0. The summed E-state index contributed by atoms with van der Waals surface area (Å²) in [6.45, 7) is 0. The minimum absolute atomic E-state index is 0.748. The molecule has 0 nitrogen and oxygen atoms in total. The Morgan fingerprint density at radius 3 is 2.56 bits per heavy atom. The van der Waals surface area contributed by atoms with Gasteiger partial charge in [-0.2, -0.15) is 0 Å². The summed E-state index contributed by atoms with van der Waals surface area (Å²) in [5.41, 5.74) is 1.26. The second-order valence-corrected chi connectivity index (χ2v) is 4.68. The standard InChI is InChI=1S/C14H12S2/c15-8-7-14(16)10-11-5-6-12-3-1-2-4-13(12)9-11/h1-6,8-9H,7,10H2. The molecule has 0 saturated carbocycles. The number of thiocarbonyl (C=S) groups is 2. The first-order valence-corrected chi connectivity index (χ1v) is 6.10. The molecule has 0 aliphatic carbocycles. The normalized spacial score (nSPS) is 10.2. The van der Waals surface area contributed by atoms with Gasteiger partial charge in [0.05, 0.1) is 0 Å². The van der Waals surface area contributed by atoms with E-state index in [9.17, 15) is 0 Å². The van der Waals surface area contributed by atoms with Crippen LogP contribution in [0.2, 0.25) is 0 Å². The van der Waals surface area contributed by atoms with Crippen molar-refractivity contribution >= 4 is 45.4 Å². The van der Waals surface area contributed by atoms with Gasteiger partial charge in [-0.15, -0.1) is 0 Å². The summed E-state index contributed by atoms with van der Waals surface area (Å²) < 4.78 is 0. The van der Waals surface area contributed by atoms with Crippen molar-refractivity contribution in [3.63, 3.8) is 0 Å². The molecule has 0 aliphatic heterocycles. The molecule has 0 fully saturated rings. The Hall–Kier alpha value is -1.12. The van der Waals surface area contributed by atoms with E-state index < -0.39 is 0 Å². The minimum Gasteiger partial charge on any atom is -0.0931 e. The fourth-order valence-electron chi connectivity index (χ4n) is 1.74. The van der Waals surface area contributed by atoms with E-state index in [0.717, 1.165) is 17.7 Å². The van der Waals surface area contributed by atoms with Crippen molar-refractivity contribution in [3.05, 3.63) is 48.0 Å². The molecule has 2 rings (SSSR count). The summed E-state index contributed by atoms with van der Waals surface area (Å²) in [7, 11) is 0. The average Bonchev–Trinajstić information content (AvgIpc) is 2.29. The maximum Gasteiger partial charge on any atom is 0.00751 e. The van der Waals surface area contributed by atoms with E-state index in [2.05, 4.69) is 42.5 Å². The first kappa shape index (κ1) is 11.4. The van der Waals surface area contributed by atoms with Crippen LogP contribution in [0.3, 0.4) is 0 Å². The monoisotopic (exact) mass is 244 g/mol. The molecular formula is C14H12S2. The molecule has 2 aromatic carbocycles. The minimum atomic E-state index is 0.748. The van der Waals surface area contributed by atoms with Gasteiger partial charge < -0.3 is 0 Å². The lowest BCUT2D eigenvalue weighted by atomic mass is 10.0. The molecular weight excluding hydrogens is 232 g/mol. The molecule has 0 spiro atoms. The Morgan fingerprint density at radius 2 is 1.81 bits per heavy atom. The van der Waals surface area contributed by atoms with E-state index in [1.807, 2.05) is 0 Å². The Bertz CT molecular complexity index is 529. The van der Waals surface area contributed by atoms with Crippen molar-refractivity contribution in [2.45, 2.75) is 12.8 Å². The smallest absolute Gasteiger partial charge is 0.00751 e.